The number of aryl methyl sites for hydroxylation is 2. The monoisotopic (exact) mass is 338 g/mol. The normalized spacial score (nSPS) is 20.3. The van der Waals surface area contributed by atoms with Gasteiger partial charge in [0.05, 0.1) is 0 Å². The van der Waals surface area contributed by atoms with E-state index in [-0.39, 0.29) is 0 Å². The third-order valence-corrected chi connectivity index (χ3v) is 5.35. The third-order valence-electron chi connectivity index (χ3n) is 5.11. The summed E-state index contributed by atoms with van der Waals surface area (Å²) in [4.78, 5) is 0. The summed E-state index contributed by atoms with van der Waals surface area (Å²) < 4.78 is 2.52. The zero-order chi connectivity index (χ0) is 16.7. The van der Waals surface area contributed by atoms with Gasteiger partial charge in [-0.25, -0.2) is 0 Å². The molecule has 2 atom stereocenters. The minimum atomic E-state index is 0.364. The van der Waals surface area contributed by atoms with Gasteiger partial charge in [0.15, 0.2) is 0 Å². The molecule has 1 aromatic heterocycles. The lowest BCUT2D eigenvalue weighted by Crippen LogP contribution is -2.36. The van der Waals surface area contributed by atoms with Gasteiger partial charge >= 0.3 is 0 Å². The highest BCUT2D eigenvalue weighted by Gasteiger charge is 2.27. The Morgan fingerprint density at radius 3 is 2.71 bits per heavy atom. The van der Waals surface area contributed by atoms with Gasteiger partial charge in [0.2, 0.25) is 0 Å². The van der Waals surface area contributed by atoms with Crippen molar-refractivity contribution >= 4 is 22.5 Å². The van der Waals surface area contributed by atoms with Gasteiger partial charge in [-0.2, -0.15) is 0 Å². The number of halogens is 1. The Morgan fingerprint density at radius 1 is 1.12 bits per heavy atom. The molecule has 2 unspecified atom stereocenters. The molecule has 124 valence electrons. The first-order chi connectivity index (χ1) is 11.6. The maximum absolute atomic E-state index is 6.29. The Morgan fingerprint density at radius 2 is 1.92 bits per heavy atom. The molecule has 0 spiro atoms. The fraction of sp³-hybridized carbons (Fsp3) is 0.333. The molecule has 24 heavy (non-hydrogen) atoms. The molecule has 2 nitrogen and oxygen atoms in total. The van der Waals surface area contributed by atoms with E-state index in [4.69, 9.17) is 11.6 Å². The molecule has 4 rings (SSSR count). The summed E-state index contributed by atoms with van der Waals surface area (Å²) in [5.41, 5.74) is 5.60. The maximum Gasteiger partial charge on any atom is 0.0487 e. The second kappa shape index (κ2) is 6.27. The van der Waals surface area contributed by atoms with Gasteiger partial charge in [-0.3, -0.25) is 0 Å². The molecular formula is C21H23ClN2. The van der Waals surface area contributed by atoms with Crippen LogP contribution in [-0.4, -0.2) is 10.6 Å². The molecule has 2 aromatic carbocycles. The van der Waals surface area contributed by atoms with Gasteiger partial charge in [0.25, 0.3) is 0 Å². The Bertz CT molecular complexity index is 866. The Labute approximate surface area is 148 Å². The van der Waals surface area contributed by atoms with Gasteiger partial charge in [-0.15, -0.1) is 0 Å². The molecule has 0 saturated carbocycles. The largest absolute Gasteiger partial charge is 0.344 e. The van der Waals surface area contributed by atoms with E-state index in [1.807, 2.05) is 6.07 Å². The Balaban J connectivity index is 1.80. The second-order valence-electron chi connectivity index (χ2n) is 6.90. The quantitative estimate of drug-likeness (QED) is 0.700. The SMILES string of the molecule is CC1Cc2c(c3cc(Cl)ccc3n2CCc2ccccc2)C(C)N1. The number of aromatic nitrogens is 1. The lowest BCUT2D eigenvalue weighted by molar-refractivity contribution is 0.433. The topological polar surface area (TPSA) is 17.0 Å². The molecular weight excluding hydrogens is 316 g/mol. The Kier molecular flexibility index (Phi) is 4.11. The maximum atomic E-state index is 6.29. The van der Waals surface area contributed by atoms with Gasteiger partial charge in [0, 0.05) is 46.7 Å². The van der Waals surface area contributed by atoms with Crippen molar-refractivity contribution in [2.75, 3.05) is 0 Å². The standard InChI is InChI=1S/C21H23ClN2/c1-14-12-20-21(15(2)23-14)18-13-17(22)8-9-19(18)24(20)11-10-16-6-4-3-5-7-16/h3-9,13-15,23H,10-12H2,1-2H3. The summed E-state index contributed by atoms with van der Waals surface area (Å²) in [6.07, 6.45) is 2.12. The number of nitrogens with zero attached hydrogens (tertiary/aromatic N) is 1. The lowest BCUT2D eigenvalue weighted by Gasteiger charge is -2.28. The van der Waals surface area contributed by atoms with Crippen molar-refractivity contribution < 1.29 is 0 Å². The van der Waals surface area contributed by atoms with Crippen LogP contribution >= 0.6 is 11.6 Å². The smallest absolute Gasteiger partial charge is 0.0487 e. The van der Waals surface area contributed by atoms with Crippen LogP contribution in [0.3, 0.4) is 0 Å². The summed E-state index contributed by atoms with van der Waals surface area (Å²) in [5.74, 6) is 0. The summed E-state index contributed by atoms with van der Waals surface area (Å²) in [6, 6.07) is 17.9. The average molecular weight is 339 g/mol. The summed E-state index contributed by atoms with van der Waals surface area (Å²) >= 11 is 6.29. The number of hydrogen-bond donors (Lipinski definition) is 1. The number of fused-ring (bicyclic) bond motifs is 3. The van der Waals surface area contributed by atoms with Crippen LogP contribution in [0.15, 0.2) is 48.5 Å². The van der Waals surface area contributed by atoms with Gasteiger partial charge in [-0.05, 0) is 49.6 Å². The van der Waals surface area contributed by atoms with Gasteiger partial charge in [0.1, 0.15) is 0 Å². The number of nitrogens with one attached hydrogen (secondary N) is 1. The summed E-state index contributed by atoms with van der Waals surface area (Å²) in [5, 5.41) is 5.80. The molecule has 1 N–H and O–H groups in total. The second-order valence-corrected chi connectivity index (χ2v) is 7.34. The van der Waals surface area contributed by atoms with E-state index in [1.165, 1.54) is 27.7 Å². The minimum Gasteiger partial charge on any atom is -0.344 e. The first-order valence-electron chi connectivity index (χ1n) is 8.74. The highest BCUT2D eigenvalue weighted by molar-refractivity contribution is 6.31. The van der Waals surface area contributed by atoms with Crippen LogP contribution in [0, 0.1) is 0 Å². The molecule has 0 radical (unpaired) electrons. The van der Waals surface area contributed by atoms with Crippen LogP contribution in [0.5, 0.6) is 0 Å². The van der Waals surface area contributed by atoms with Gasteiger partial charge < -0.3 is 9.88 Å². The summed E-state index contributed by atoms with van der Waals surface area (Å²) in [6.45, 7) is 5.54. The molecule has 3 heteroatoms. The van der Waals surface area contributed by atoms with Crippen LogP contribution in [0.4, 0.5) is 0 Å². The van der Waals surface area contributed by atoms with Crippen molar-refractivity contribution in [1.82, 2.24) is 9.88 Å². The fourth-order valence-electron chi connectivity index (χ4n) is 4.11. The van der Waals surface area contributed by atoms with Crippen molar-refractivity contribution in [2.24, 2.45) is 0 Å². The zero-order valence-corrected chi connectivity index (χ0v) is 15.0. The van der Waals surface area contributed by atoms with Crippen molar-refractivity contribution in [1.29, 1.82) is 0 Å². The van der Waals surface area contributed by atoms with Crippen LogP contribution < -0.4 is 5.32 Å². The zero-order valence-electron chi connectivity index (χ0n) is 14.2. The van der Waals surface area contributed by atoms with Crippen molar-refractivity contribution in [3.8, 4) is 0 Å². The third kappa shape index (κ3) is 2.74. The predicted octanol–water partition coefficient (Wildman–Crippen LogP) is 5.13. The van der Waals surface area contributed by atoms with E-state index < -0.39 is 0 Å². The van der Waals surface area contributed by atoms with Crippen molar-refractivity contribution in [2.45, 2.75) is 45.3 Å². The minimum absolute atomic E-state index is 0.364. The first-order valence-corrected chi connectivity index (χ1v) is 9.12. The number of rotatable bonds is 3. The van der Waals surface area contributed by atoms with Crippen LogP contribution in [-0.2, 0) is 19.4 Å². The first kappa shape index (κ1) is 15.7. The average Bonchev–Trinajstić information content (AvgIpc) is 2.86. The molecule has 0 fully saturated rings. The Hall–Kier alpha value is -1.77. The van der Waals surface area contributed by atoms with Crippen LogP contribution in [0.25, 0.3) is 10.9 Å². The molecule has 1 aliphatic rings. The molecule has 0 amide bonds. The molecule has 0 saturated heterocycles. The van der Waals surface area contributed by atoms with E-state index in [0.29, 0.717) is 12.1 Å². The van der Waals surface area contributed by atoms with Crippen LogP contribution in [0.1, 0.15) is 36.7 Å². The molecule has 0 aliphatic carbocycles. The van der Waals surface area contributed by atoms with E-state index in [1.54, 1.807) is 0 Å². The highest BCUT2D eigenvalue weighted by atomic mass is 35.5. The summed E-state index contributed by atoms with van der Waals surface area (Å²) in [7, 11) is 0. The van der Waals surface area contributed by atoms with Crippen molar-refractivity contribution in [3.05, 3.63) is 70.4 Å². The molecule has 2 heterocycles. The van der Waals surface area contributed by atoms with Crippen molar-refractivity contribution in [3.63, 3.8) is 0 Å². The van der Waals surface area contributed by atoms with Gasteiger partial charge in [-0.1, -0.05) is 41.9 Å². The molecule has 1 aliphatic heterocycles. The lowest BCUT2D eigenvalue weighted by atomic mass is 9.95. The van der Waals surface area contributed by atoms with E-state index in [0.717, 1.165) is 24.4 Å². The number of benzene rings is 2. The van der Waals surface area contributed by atoms with Crippen LogP contribution in [0.2, 0.25) is 5.02 Å². The molecule has 0 bridgehead atoms. The van der Waals surface area contributed by atoms with E-state index in [9.17, 15) is 0 Å². The predicted molar refractivity (Wildman–Crippen MR) is 102 cm³/mol. The molecule has 3 aromatic rings. The van der Waals surface area contributed by atoms with E-state index >= 15 is 0 Å². The number of hydrogen-bond acceptors (Lipinski definition) is 1. The van der Waals surface area contributed by atoms with E-state index in [2.05, 4.69) is 66.2 Å². The highest BCUT2D eigenvalue weighted by Crippen LogP contribution is 2.36. The fourth-order valence-corrected chi connectivity index (χ4v) is 4.28.